The lowest BCUT2D eigenvalue weighted by molar-refractivity contribution is -0.113. The molecule has 0 aliphatic carbocycles. The number of nitrogens with one attached hydrogen (secondary N) is 2. The fourth-order valence-corrected chi connectivity index (χ4v) is 5.10. The molecule has 4 N–H and O–H groups in total. The van der Waals surface area contributed by atoms with Crippen LogP contribution in [0.25, 0.3) is 10.1 Å². The van der Waals surface area contributed by atoms with Gasteiger partial charge in [-0.1, -0.05) is 43.5 Å². The van der Waals surface area contributed by atoms with Crippen LogP contribution in [0.2, 0.25) is 5.02 Å². The Labute approximate surface area is 280 Å². The maximum atomic E-state index is 12.4. The van der Waals surface area contributed by atoms with E-state index in [9.17, 15) is 9.59 Å². The van der Waals surface area contributed by atoms with Gasteiger partial charge in [0.25, 0.3) is 5.91 Å². The lowest BCUT2D eigenvalue weighted by atomic mass is 10.2. The second-order valence-electron chi connectivity index (χ2n) is 8.76. The van der Waals surface area contributed by atoms with Crippen LogP contribution in [0.15, 0.2) is 82.0 Å². The number of pyridine rings is 2. The molecule has 43 heavy (non-hydrogen) atoms. The number of carbonyl (C=O) groups excluding carboxylic acids is 2. The minimum absolute atomic E-state index is 0.0966. The van der Waals surface area contributed by atoms with Crippen LogP contribution in [0, 0.1) is 25.2 Å². The lowest BCUT2D eigenvalue weighted by Gasteiger charge is -2.04. The molecule has 0 radical (unpaired) electrons. The summed E-state index contributed by atoms with van der Waals surface area (Å²) in [6.07, 6.45) is 3.23. The predicted octanol–water partition coefficient (Wildman–Crippen LogP) is 8.43. The van der Waals surface area contributed by atoms with Crippen molar-refractivity contribution in [3.8, 4) is 6.07 Å². The summed E-state index contributed by atoms with van der Waals surface area (Å²) in [4.78, 5) is 31.9. The van der Waals surface area contributed by atoms with E-state index in [0.717, 1.165) is 41.8 Å². The molecule has 8 nitrogen and oxygen atoms in total. The number of thiol groups is 1. The highest BCUT2D eigenvalue weighted by atomic mass is 79.9. The van der Waals surface area contributed by atoms with Gasteiger partial charge in [0.15, 0.2) is 0 Å². The molecule has 5 rings (SSSR count). The Balaban J connectivity index is 0.000000195. The van der Waals surface area contributed by atoms with Gasteiger partial charge < -0.3 is 16.4 Å². The third-order valence-electron chi connectivity index (χ3n) is 5.44. The summed E-state index contributed by atoms with van der Waals surface area (Å²) in [6.45, 7) is 3.72. The van der Waals surface area contributed by atoms with Crippen molar-refractivity contribution in [3.05, 3.63) is 109 Å². The highest BCUT2D eigenvalue weighted by Crippen LogP contribution is 2.34. The third-order valence-corrected chi connectivity index (χ3v) is 8.24. The fraction of sp³-hybridized carbons (Fsp3) is 0.100. The topological polar surface area (TPSA) is 134 Å². The van der Waals surface area contributed by atoms with E-state index in [1.165, 1.54) is 17.5 Å². The number of nitrogen functional groups attached to an aromatic ring is 1. The van der Waals surface area contributed by atoms with Crippen LogP contribution in [0.3, 0.4) is 0 Å². The summed E-state index contributed by atoms with van der Waals surface area (Å²) in [5.74, 6) is -0.0925. The molecule has 0 saturated carbocycles. The van der Waals surface area contributed by atoms with E-state index in [0.29, 0.717) is 21.2 Å². The average Bonchev–Trinajstić information content (AvgIpc) is 3.32. The number of thiophene rings is 1. The van der Waals surface area contributed by atoms with Crippen LogP contribution in [-0.4, -0.2) is 27.5 Å². The van der Waals surface area contributed by atoms with Gasteiger partial charge in [-0.3, -0.25) is 19.6 Å². The van der Waals surface area contributed by atoms with E-state index >= 15 is 0 Å². The van der Waals surface area contributed by atoms with Gasteiger partial charge in [0, 0.05) is 49.5 Å². The molecule has 3 aromatic heterocycles. The monoisotopic (exact) mass is 758 g/mol. The molecule has 0 aliphatic rings. The van der Waals surface area contributed by atoms with Crippen LogP contribution in [0.4, 0.5) is 17.1 Å². The molecule has 3 heterocycles. The zero-order valence-corrected chi connectivity index (χ0v) is 28.5. The summed E-state index contributed by atoms with van der Waals surface area (Å²) in [7, 11) is 0. The first-order valence-corrected chi connectivity index (χ1v) is 15.8. The number of benzene rings is 2. The van der Waals surface area contributed by atoms with Gasteiger partial charge in [0.05, 0.1) is 26.7 Å². The first-order chi connectivity index (χ1) is 20.5. The zero-order chi connectivity index (χ0) is 31.5. The average molecular weight is 761 g/mol. The molecule has 0 saturated heterocycles. The Hall–Kier alpha value is -3.47. The van der Waals surface area contributed by atoms with Gasteiger partial charge in [-0.25, -0.2) is 0 Å². The minimum atomic E-state index is -0.200. The van der Waals surface area contributed by atoms with Gasteiger partial charge in [-0.05, 0) is 74.5 Å². The summed E-state index contributed by atoms with van der Waals surface area (Å²) < 4.78 is 2.87. The number of hydrogen-bond acceptors (Lipinski definition) is 8. The number of aryl methyl sites for hydroxylation is 2. The molecule has 220 valence electrons. The molecule has 5 aromatic rings. The number of aromatic nitrogens is 2. The Kier molecular flexibility index (Phi) is 13.0. The van der Waals surface area contributed by atoms with Gasteiger partial charge in [0.2, 0.25) is 5.91 Å². The van der Waals surface area contributed by atoms with Crippen molar-refractivity contribution < 1.29 is 9.59 Å². The van der Waals surface area contributed by atoms with Gasteiger partial charge in [0.1, 0.15) is 10.9 Å². The summed E-state index contributed by atoms with van der Waals surface area (Å²) in [5.41, 5.74) is 10.3. The molecule has 0 fully saturated rings. The van der Waals surface area contributed by atoms with Crippen molar-refractivity contribution in [3.63, 3.8) is 0 Å². The number of nitriles is 1. The SMILES string of the molecule is Cc1cc(C#N)c(Cl)cn1.Cc1cc2c(N)c(C(=O)Nc3ccc(Br)cc3)sc2cn1.O=C(CS)Nc1ccc(Br)cc1. The third kappa shape index (κ3) is 10.3. The maximum absolute atomic E-state index is 12.4. The molecule has 0 unspecified atom stereocenters. The number of halogens is 3. The van der Waals surface area contributed by atoms with Crippen molar-refractivity contribution >= 4 is 106 Å². The number of nitrogens with zero attached hydrogens (tertiary/aromatic N) is 3. The number of nitrogens with two attached hydrogens (primary N) is 1. The van der Waals surface area contributed by atoms with Crippen molar-refractivity contribution in [2.24, 2.45) is 0 Å². The first-order valence-electron chi connectivity index (χ1n) is 12.4. The van der Waals surface area contributed by atoms with Crippen LogP contribution >= 0.6 is 67.4 Å². The van der Waals surface area contributed by atoms with Crippen molar-refractivity contribution in [1.82, 2.24) is 9.97 Å². The molecule has 0 atom stereocenters. The van der Waals surface area contributed by atoms with E-state index in [1.54, 1.807) is 12.3 Å². The first kappa shape index (κ1) is 34.0. The van der Waals surface area contributed by atoms with Crippen LogP contribution in [0.5, 0.6) is 0 Å². The predicted molar refractivity (Wildman–Crippen MR) is 186 cm³/mol. The van der Waals surface area contributed by atoms with E-state index in [1.807, 2.05) is 74.5 Å². The van der Waals surface area contributed by atoms with Crippen molar-refractivity contribution in [2.75, 3.05) is 22.1 Å². The van der Waals surface area contributed by atoms with Crippen LogP contribution in [-0.2, 0) is 4.79 Å². The largest absolute Gasteiger partial charge is 0.397 e. The molecule has 13 heteroatoms. The highest BCUT2D eigenvalue weighted by Gasteiger charge is 2.17. The molecule has 2 amide bonds. The summed E-state index contributed by atoms with van der Waals surface area (Å²) in [5, 5.41) is 15.3. The molecule has 2 aromatic carbocycles. The fourth-order valence-electron chi connectivity index (χ4n) is 3.38. The smallest absolute Gasteiger partial charge is 0.267 e. The normalized spacial score (nSPS) is 9.98. The van der Waals surface area contributed by atoms with E-state index in [2.05, 4.69) is 65.1 Å². The molecular weight excluding hydrogens is 736 g/mol. The Morgan fingerprint density at radius 3 is 2.02 bits per heavy atom. The van der Waals surface area contributed by atoms with E-state index < -0.39 is 0 Å². The van der Waals surface area contributed by atoms with Crippen LogP contribution < -0.4 is 16.4 Å². The Morgan fingerprint density at radius 1 is 0.953 bits per heavy atom. The molecule has 0 bridgehead atoms. The lowest BCUT2D eigenvalue weighted by Crippen LogP contribution is -2.12. The van der Waals surface area contributed by atoms with E-state index in [-0.39, 0.29) is 17.6 Å². The Morgan fingerprint density at radius 2 is 1.49 bits per heavy atom. The van der Waals surface area contributed by atoms with Crippen molar-refractivity contribution in [1.29, 1.82) is 5.26 Å². The second kappa shape index (κ2) is 16.4. The number of rotatable bonds is 4. The summed E-state index contributed by atoms with van der Waals surface area (Å²) in [6, 6.07) is 20.3. The zero-order valence-electron chi connectivity index (χ0n) is 22.9. The number of carbonyl (C=O) groups is 2. The van der Waals surface area contributed by atoms with Gasteiger partial charge in [-0.15, -0.1) is 11.3 Å². The quantitative estimate of drug-likeness (QED) is 0.136. The number of amides is 2. The molecular formula is C30H25Br2ClN6O2S2. The summed E-state index contributed by atoms with van der Waals surface area (Å²) >= 11 is 17.5. The van der Waals surface area contributed by atoms with Gasteiger partial charge in [-0.2, -0.15) is 17.9 Å². The number of fused-ring (bicyclic) bond motifs is 1. The Bertz CT molecular complexity index is 1780. The second-order valence-corrected chi connectivity index (χ2v) is 12.4. The molecule has 0 aliphatic heterocycles. The maximum Gasteiger partial charge on any atom is 0.267 e. The minimum Gasteiger partial charge on any atom is -0.397 e. The van der Waals surface area contributed by atoms with Crippen molar-refractivity contribution in [2.45, 2.75) is 13.8 Å². The number of hydrogen-bond donors (Lipinski definition) is 4. The number of anilines is 3. The van der Waals surface area contributed by atoms with Gasteiger partial charge >= 0.3 is 0 Å². The standard InChI is InChI=1S/C15H12BrN3OS.C8H8BrNOS.C7H5ClN2/c1-8-6-11-12(7-18-8)21-14(13(11)17)15(20)19-10-4-2-9(16)3-5-10;9-6-1-3-7(4-2-6)10-8(11)5-12;1-5-2-6(3-9)7(8)4-10-5/h2-7H,17H2,1H3,(H,19,20);1-4,12H,5H2,(H,10,11);2,4H,1H3. The van der Waals surface area contributed by atoms with E-state index in [4.69, 9.17) is 22.6 Å². The van der Waals surface area contributed by atoms with Crippen LogP contribution in [0.1, 0.15) is 26.6 Å². The molecule has 0 spiro atoms. The highest BCUT2D eigenvalue weighted by molar-refractivity contribution is 9.10.